The number of nitrogens with one attached hydrogen (secondary N) is 1. The van der Waals surface area contributed by atoms with E-state index in [0.29, 0.717) is 13.1 Å². The third kappa shape index (κ3) is 4.19. The second-order valence-corrected chi connectivity index (χ2v) is 4.52. The van der Waals surface area contributed by atoms with Crippen LogP contribution in [0, 0.1) is 0 Å². The van der Waals surface area contributed by atoms with Gasteiger partial charge in [0.05, 0.1) is 6.10 Å². The average molecular weight is 214 g/mol. The Hall–Kier alpha value is -0.420. The SMILES string of the molecule is CNCC(O)CN(C)Cc1cccs1. The summed E-state index contributed by atoms with van der Waals surface area (Å²) in [6.45, 7) is 2.27. The molecule has 1 heterocycles. The normalized spacial score (nSPS) is 13.4. The van der Waals surface area contributed by atoms with Crippen LogP contribution in [0.15, 0.2) is 17.5 Å². The first-order valence-electron chi connectivity index (χ1n) is 4.76. The number of aliphatic hydroxyl groups is 1. The van der Waals surface area contributed by atoms with Crippen LogP contribution in [-0.4, -0.2) is 43.3 Å². The molecule has 0 bridgehead atoms. The maximum absolute atomic E-state index is 9.55. The molecule has 3 nitrogen and oxygen atoms in total. The van der Waals surface area contributed by atoms with E-state index in [1.807, 2.05) is 14.1 Å². The van der Waals surface area contributed by atoms with Crippen molar-refractivity contribution < 1.29 is 5.11 Å². The lowest BCUT2D eigenvalue weighted by Crippen LogP contribution is -2.34. The number of hydrogen-bond acceptors (Lipinski definition) is 4. The molecule has 1 unspecified atom stereocenters. The van der Waals surface area contributed by atoms with Gasteiger partial charge in [-0.2, -0.15) is 0 Å². The molecule has 0 amide bonds. The second-order valence-electron chi connectivity index (χ2n) is 3.49. The second kappa shape index (κ2) is 6.14. The van der Waals surface area contributed by atoms with E-state index in [-0.39, 0.29) is 6.10 Å². The van der Waals surface area contributed by atoms with Crippen molar-refractivity contribution in [1.82, 2.24) is 10.2 Å². The van der Waals surface area contributed by atoms with Crippen LogP contribution >= 0.6 is 11.3 Å². The Morgan fingerprint density at radius 2 is 2.43 bits per heavy atom. The van der Waals surface area contributed by atoms with E-state index in [1.165, 1.54) is 4.88 Å². The van der Waals surface area contributed by atoms with E-state index in [4.69, 9.17) is 0 Å². The van der Waals surface area contributed by atoms with Crippen molar-refractivity contribution >= 4 is 11.3 Å². The first kappa shape index (κ1) is 11.7. The largest absolute Gasteiger partial charge is 0.390 e. The summed E-state index contributed by atoms with van der Waals surface area (Å²) in [5, 5.41) is 14.6. The van der Waals surface area contributed by atoms with Crippen molar-refractivity contribution in [1.29, 1.82) is 0 Å². The molecule has 0 spiro atoms. The summed E-state index contributed by atoms with van der Waals surface area (Å²) in [6, 6.07) is 4.17. The predicted octanol–water partition coefficient (Wildman–Crippen LogP) is 0.760. The van der Waals surface area contributed by atoms with Gasteiger partial charge in [-0.15, -0.1) is 11.3 Å². The summed E-state index contributed by atoms with van der Waals surface area (Å²) >= 11 is 1.75. The van der Waals surface area contributed by atoms with Crippen molar-refractivity contribution in [3.05, 3.63) is 22.4 Å². The molecule has 80 valence electrons. The van der Waals surface area contributed by atoms with Crippen LogP contribution in [0.1, 0.15) is 4.88 Å². The molecule has 0 aliphatic heterocycles. The third-order valence-electron chi connectivity index (χ3n) is 1.97. The molecule has 1 rings (SSSR count). The van der Waals surface area contributed by atoms with Gasteiger partial charge >= 0.3 is 0 Å². The minimum absolute atomic E-state index is 0.287. The molecule has 0 aliphatic carbocycles. The highest BCUT2D eigenvalue weighted by Crippen LogP contribution is 2.10. The zero-order valence-electron chi connectivity index (χ0n) is 8.73. The first-order valence-corrected chi connectivity index (χ1v) is 5.64. The molecule has 1 aromatic rings. The lowest BCUT2D eigenvalue weighted by Gasteiger charge is -2.19. The summed E-state index contributed by atoms with van der Waals surface area (Å²) < 4.78 is 0. The number of thiophene rings is 1. The highest BCUT2D eigenvalue weighted by atomic mass is 32.1. The molecular formula is C10H18N2OS. The minimum atomic E-state index is -0.287. The van der Waals surface area contributed by atoms with Crippen LogP contribution < -0.4 is 5.32 Å². The van der Waals surface area contributed by atoms with Crippen molar-refractivity contribution in [2.24, 2.45) is 0 Å². The van der Waals surface area contributed by atoms with E-state index in [1.54, 1.807) is 11.3 Å². The lowest BCUT2D eigenvalue weighted by molar-refractivity contribution is 0.123. The summed E-state index contributed by atoms with van der Waals surface area (Å²) in [6.07, 6.45) is -0.287. The Labute approximate surface area is 89.4 Å². The topological polar surface area (TPSA) is 35.5 Å². The van der Waals surface area contributed by atoms with Crippen molar-refractivity contribution in [2.75, 3.05) is 27.2 Å². The highest BCUT2D eigenvalue weighted by Gasteiger charge is 2.07. The quantitative estimate of drug-likeness (QED) is 0.734. The molecule has 1 atom stereocenters. The standard InChI is InChI=1S/C10H18N2OS/c1-11-6-9(13)7-12(2)8-10-4-3-5-14-10/h3-5,9,11,13H,6-8H2,1-2H3. The fourth-order valence-electron chi connectivity index (χ4n) is 1.39. The van der Waals surface area contributed by atoms with Gasteiger partial charge in [0.1, 0.15) is 0 Å². The Morgan fingerprint density at radius 3 is 3.00 bits per heavy atom. The molecule has 0 radical (unpaired) electrons. The van der Waals surface area contributed by atoms with Gasteiger partial charge in [-0.3, -0.25) is 4.90 Å². The molecule has 4 heteroatoms. The van der Waals surface area contributed by atoms with Gasteiger partial charge in [-0.25, -0.2) is 0 Å². The van der Waals surface area contributed by atoms with Gasteiger partial charge in [0.2, 0.25) is 0 Å². The molecular weight excluding hydrogens is 196 g/mol. The summed E-state index contributed by atoms with van der Waals surface area (Å²) in [7, 11) is 3.88. The Balaban J connectivity index is 2.25. The van der Waals surface area contributed by atoms with Gasteiger partial charge in [0.25, 0.3) is 0 Å². The number of hydrogen-bond donors (Lipinski definition) is 2. The van der Waals surface area contributed by atoms with Crippen LogP contribution in [0.5, 0.6) is 0 Å². The number of aliphatic hydroxyl groups excluding tert-OH is 1. The smallest absolute Gasteiger partial charge is 0.0791 e. The van der Waals surface area contributed by atoms with E-state index >= 15 is 0 Å². The zero-order valence-corrected chi connectivity index (χ0v) is 9.55. The summed E-state index contributed by atoms with van der Waals surface area (Å²) in [5.41, 5.74) is 0. The van der Waals surface area contributed by atoms with Gasteiger partial charge in [0, 0.05) is 24.5 Å². The average Bonchev–Trinajstić information content (AvgIpc) is 2.56. The number of rotatable bonds is 6. The molecule has 14 heavy (non-hydrogen) atoms. The van der Waals surface area contributed by atoms with E-state index in [0.717, 1.165) is 6.54 Å². The maximum atomic E-state index is 9.55. The maximum Gasteiger partial charge on any atom is 0.0791 e. The Bertz CT molecular complexity index is 238. The van der Waals surface area contributed by atoms with Gasteiger partial charge in [-0.05, 0) is 25.5 Å². The summed E-state index contributed by atoms with van der Waals surface area (Å²) in [4.78, 5) is 3.47. The van der Waals surface area contributed by atoms with Crippen LogP contribution in [-0.2, 0) is 6.54 Å². The molecule has 0 aromatic carbocycles. The van der Waals surface area contributed by atoms with Gasteiger partial charge < -0.3 is 10.4 Å². The van der Waals surface area contributed by atoms with E-state index in [2.05, 4.69) is 27.7 Å². The molecule has 0 aliphatic rings. The monoisotopic (exact) mass is 214 g/mol. The van der Waals surface area contributed by atoms with Crippen molar-refractivity contribution in [3.8, 4) is 0 Å². The Morgan fingerprint density at radius 1 is 1.64 bits per heavy atom. The van der Waals surface area contributed by atoms with Crippen molar-refractivity contribution in [3.63, 3.8) is 0 Å². The lowest BCUT2D eigenvalue weighted by atomic mass is 10.3. The predicted molar refractivity (Wildman–Crippen MR) is 60.6 cm³/mol. The molecule has 1 aromatic heterocycles. The van der Waals surface area contributed by atoms with E-state index < -0.39 is 0 Å². The fraction of sp³-hybridized carbons (Fsp3) is 0.600. The molecule has 0 saturated carbocycles. The zero-order chi connectivity index (χ0) is 10.4. The summed E-state index contributed by atoms with van der Waals surface area (Å²) in [5.74, 6) is 0. The minimum Gasteiger partial charge on any atom is -0.390 e. The van der Waals surface area contributed by atoms with Crippen LogP contribution in [0.4, 0.5) is 0 Å². The van der Waals surface area contributed by atoms with Crippen molar-refractivity contribution in [2.45, 2.75) is 12.6 Å². The first-order chi connectivity index (χ1) is 6.72. The van der Waals surface area contributed by atoms with Crippen LogP contribution in [0.2, 0.25) is 0 Å². The molecule has 0 saturated heterocycles. The third-order valence-corrected chi connectivity index (χ3v) is 2.83. The van der Waals surface area contributed by atoms with Gasteiger partial charge in [-0.1, -0.05) is 6.07 Å². The van der Waals surface area contributed by atoms with Crippen LogP contribution in [0.25, 0.3) is 0 Å². The Kier molecular flexibility index (Phi) is 5.11. The van der Waals surface area contributed by atoms with E-state index in [9.17, 15) is 5.11 Å². The molecule has 0 fully saturated rings. The number of nitrogens with zero attached hydrogens (tertiary/aromatic N) is 1. The van der Waals surface area contributed by atoms with Gasteiger partial charge in [0.15, 0.2) is 0 Å². The van der Waals surface area contributed by atoms with Crippen LogP contribution in [0.3, 0.4) is 0 Å². The number of likely N-dealkylation sites (N-methyl/N-ethyl adjacent to an activating group) is 2. The fourth-order valence-corrected chi connectivity index (χ4v) is 2.18. The molecule has 2 N–H and O–H groups in total. The highest BCUT2D eigenvalue weighted by molar-refractivity contribution is 7.09.